The van der Waals surface area contributed by atoms with E-state index in [2.05, 4.69) is 4.98 Å². The Bertz CT molecular complexity index is 283. The minimum Gasteiger partial charge on any atom is -0.333 e. The maximum absolute atomic E-state index is 10.1. The van der Waals surface area contributed by atoms with Crippen LogP contribution in [0.3, 0.4) is 0 Å². The first-order chi connectivity index (χ1) is 6.29. The van der Waals surface area contributed by atoms with E-state index in [0.29, 0.717) is 11.6 Å². The molecule has 1 rings (SSSR count). The zero-order valence-corrected chi connectivity index (χ0v) is 8.42. The predicted octanol–water partition coefficient (Wildman–Crippen LogP) is 2.08. The number of aldehydes is 1. The summed E-state index contributed by atoms with van der Waals surface area (Å²) in [5.41, 5.74) is 1.03. The number of carbonyl (C=O) groups excluding carboxylic acids is 1. The van der Waals surface area contributed by atoms with E-state index in [9.17, 15) is 4.79 Å². The standard InChI is InChI=1S/C9H13ClN2O/c1-2-12-7-11-9(10)8(12)5-3-4-6-13/h6-7H,2-5H2,1H3. The van der Waals surface area contributed by atoms with Crippen LogP contribution in [0.15, 0.2) is 6.33 Å². The zero-order chi connectivity index (χ0) is 9.68. The SMILES string of the molecule is CCn1cnc(Cl)c1CCCC=O. The van der Waals surface area contributed by atoms with Gasteiger partial charge in [-0.05, 0) is 19.8 Å². The number of hydrogen-bond donors (Lipinski definition) is 0. The van der Waals surface area contributed by atoms with E-state index >= 15 is 0 Å². The molecule has 0 aromatic carbocycles. The highest BCUT2D eigenvalue weighted by molar-refractivity contribution is 6.30. The van der Waals surface area contributed by atoms with Crippen LogP contribution in [0.25, 0.3) is 0 Å². The summed E-state index contributed by atoms with van der Waals surface area (Å²) in [5.74, 6) is 0. The van der Waals surface area contributed by atoms with Crippen molar-refractivity contribution < 1.29 is 4.79 Å². The third kappa shape index (κ3) is 2.56. The van der Waals surface area contributed by atoms with E-state index in [1.165, 1.54) is 0 Å². The van der Waals surface area contributed by atoms with Gasteiger partial charge in [-0.1, -0.05) is 11.6 Å². The third-order valence-electron chi connectivity index (χ3n) is 1.97. The molecule has 0 fully saturated rings. The van der Waals surface area contributed by atoms with Gasteiger partial charge in [-0.25, -0.2) is 4.98 Å². The fraction of sp³-hybridized carbons (Fsp3) is 0.556. The van der Waals surface area contributed by atoms with Crippen molar-refractivity contribution in [1.82, 2.24) is 9.55 Å². The van der Waals surface area contributed by atoms with E-state index in [4.69, 9.17) is 11.6 Å². The molecule has 0 bridgehead atoms. The van der Waals surface area contributed by atoms with Crippen molar-refractivity contribution in [3.05, 3.63) is 17.2 Å². The zero-order valence-electron chi connectivity index (χ0n) is 7.66. The Morgan fingerprint density at radius 2 is 2.46 bits per heavy atom. The molecule has 13 heavy (non-hydrogen) atoms. The van der Waals surface area contributed by atoms with Crippen molar-refractivity contribution in [3.63, 3.8) is 0 Å². The van der Waals surface area contributed by atoms with Gasteiger partial charge in [0.2, 0.25) is 0 Å². The van der Waals surface area contributed by atoms with Crippen molar-refractivity contribution in [3.8, 4) is 0 Å². The van der Waals surface area contributed by atoms with Crippen molar-refractivity contribution in [2.45, 2.75) is 32.7 Å². The molecule has 3 nitrogen and oxygen atoms in total. The number of imidazole rings is 1. The first-order valence-corrected chi connectivity index (χ1v) is 4.80. The van der Waals surface area contributed by atoms with E-state index in [1.54, 1.807) is 6.33 Å². The van der Waals surface area contributed by atoms with Gasteiger partial charge in [0.15, 0.2) is 0 Å². The highest BCUT2D eigenvalue weighted by atomic mass is 35.5. The molecule has 0 unspecified atom stereocenters. The predicted molar refractivity (Wildman–Crippen MR) is 51.9 cm³/mol. The van der Waals surface area contributed by atoms with Gasteiger partial charge >= 0.3 is 0 Å². The highest BCUT2D eigenvalue weighted by Gasteiger charge is 2.06. The van der Waals surface area contributed by atoms with Crippen LogP contribution in [0.2, 0.25) is 5.15 Å². The molecule has 0 saturated heterocycles. The molecule has 1 aromatic heterocycles. The number of aromatic nitrogens is 2. The molecule has 0 radical (unpaired) electrons. The van der Waals surface area contributed by atoms with E-state index in [1.807, 2.05) is 11.5 Å². The van der Waals surface area contributed by atoms with Gasteiger partial charge < -0.3 is 9.36 Å². The number of rotatable bonds is 5. The molecule has 72 valence electrons. The summed E-state index contributed by atoms with van der Waals surface area (Å²) in [4.78, 5) is 14.1. The summed E-state index contributed by atoms with van der Waals surface area (Å²) in [7, 11) is 0. The van der Waals surface area contributed by atoms with E-state index < -0.39 is 0 Å². The second-order valence-electron chi connectivity index (χ2n) is 2.83. The highest BCUT2D eigenvalue weighted by Crippen LogP contribution is 2.15. The monoisotopic (exact) mass is 200 g/mol. The maximum Gasteiger partial charge on any atom is 0.150 e. The fourth-order valence-electron chi connectivity index (χ4n) is 1.26. The lowest BCUT2D eigenvalue weighted by Crippen LogP contribution is -1.99. The largest absolute Gasteiger partial charge is 0.333 e. The third-order valence-corrected chi connectivity index (χ3v) is 2.29. The number of nitrogens with zero attached hydrogens (tertiary/aromatic N) is 2. The molecule has 0 aliphatic rings. The average Bonchev–Trinajstić information content (AvgIpc) is 2.48. The Labute approximate surface area is 82.7 Å². The van der Waals surface area contributed by atoms with Crippen LogP contribution in [-0.4, -0.2) is 15.8 Å². The van der Waals surface area contributed by atoms with Gasteiger partial charge in [-0.15, -0.1) is 0 Å². The minimum absolute atomic E-state index is 0.563. The van der Waals surface area contributed by atoms with Gasteiger partial charge in [0.1, 0.15) is 11.4 Å². The molecule has 0 saturated carbocycles. The van der Waals surface area contributed by atoms with Crippen LogP contribution in [-0.2, 0) is 17.8 Å². The lowest BCUT2D eigenvalue weighted by atomic mass is 10.2. The van der Waals surface area contributed by atoms with Gasteiger partial charge in [0.05, 0.1) is 12.0 Å². The summed E-state index contributed by atoms with van der Waals surface area (Å²) in [6.45, 7) is 2.91. The van der Waals surface area contributed by atoms with Crippen LogP contribution in [0.1, 0.15) is 25.5 Å². The molecule has 1 aromatic rings. The molecule has 0 aliphatic heterocycles. The van der Waals surface area contributed by atoms with Crippen LogP contribution >= 0.6 is 11.6 Å². The minimum atomic E-state index is 0.563. The molecule has 0 spiro atoms. The molecule has 0 aliphatic carbocycles. The molecule has 1 heterocycles. The maximum atomic E-state index is 10.1. The molecule has 0 atom stereocenters. The summed E-state index contributed by atoms with van der Waals surface area (Å²) in [6, 6.07) is 0. The summed E-state index contributed by atoms with van der Waals surface area (Å²) in [6.07, 6.45) is 4.92. The fourth-order valence-corrected chi connectivity index (χ4v) is 1.50. The normalized spacial score (nSPS) is 10.3. The quantitative estimate of drug-likeness (QED) is 0.539. The molecule has 0 amide bonds. The van der Waals surface area contributed by atoms with Crippen LogP contribution in [0.5, 0.6) is 0 Å². The number of carbonyl (C=O) groups is 1. The first-order valence-electron chi connectivity index (χ1n) is 4.42. The van der Waals surface area contributed by atoms with Crippen molar-refractivity contribution in [1.29, 1.82) is 0 Å². The van der Waals surface area contributed by atoms with Crippen molar-refractivity contribution in [2.75, 3.05) is 0 Å². The Morgan fingerprint density at radius 3 is 3.08 bits per heavy atom. The molecule has 0 N–H and O–H groups in total. The lowest BCUT2D eigenvalue weighted by molar-refractivity contribution is -0.107. The summed E-state index contributed by atoms with van der Waals surface area (Å²) >= 11 is 5.88. The number of aryl methyl sites for hydroxylation is 1. The topological polar surface area (TPSA) is 34.9 Å². The number of halogens is 1. The Balaban J connectivity index is 2.62. The molecular formula is C9H13ClN2O. The van der Waals surface area contributed by atoms with Gasteiger partial charge in [-0.2, -0.15) is 0 Å². The Morgan fingerprint density at radius 1 is 1.69 bits per heavy atom. The van der Waals surface area contributed by atoms with Gasteiger partial charge in [-0.3, -0.25) is 0 Å². The second-order valence-corrected chi connectivity index (χ2v) is 3.18. The van der Waals surface area contributed by atoms with Crippen molar-refractivity contribution in [2.24, 2.45) is 0 Å². The number of unbranched alkanes of at least 4 members (excludes halogenated alkanes) is 1. The van der Waals surface area contributed by atoms with Crippen LogP contribution < -0.4 is 0 Å². The summed E-state index contributed by atoms with van der Waals surface area (Å²) < 4.78 is 2.01. The molecule has 4 heteroatoms. The van der Waals surface area contributed by atoms with Crippen molar-refractivity contribution >= 4 is 17.9 Å². The van der Waals surface area contributed by atoms with Crippen LogP contribution in [0, 0.1) is 0 Å². The van der Waals surface area contributed by atoms with Gasteiger partial charge in [0.25, 0.3) is 0 Å². The summed E-state index contributed by atoms with van der Waals surface area (Å²) in [5, 5.41) is 0.563. The van der Waals surface area contributed by atoms with E-state index in [0.717, 1.165) is 31.4 Å². The number of hydrogen-bond acceptors (Lipinski definition) is 2. The second kappa shape index (κ2) is 5.02. The first kappa shape index (κ1) is 10.3. The lowest BCUT2D eigenvalue weighted by Gasteiger charge is -2.03. The smallest absolute Gasteiger partial charge is 0.150 e. The van der Waals surface area contributed by atoms with Gasteiger partial charge in [0, 0.05) is 13.0 Å². The Hall–Kier alpha value is -0.830. The molecular weight excluding hydrogens is 188 g/mol. The Kier molecular flexibility index (Phi) is 3.96. The average molecular weight is 201 g/mol. The van der Waals surface area contributed by atoms with E-state index in [-0.39, 0.29) is 0 Å². The van der Waals surface area contributed by atoms with Crippen LogP contribution in [0.4, 0.5) is 0 Å².